The van der Waals surface area contributed by atoms with Crippen LogP contribution in [0.5, 0.6) is 0 Å². The fourth-order valence-electron chi connectivity index (χ4n) is 4.81. The maximum absolute atomic E-state index is 13.3. The van der Waals surface area contributed by atoms with E-state index in [1.165, 1.54) is 25.6 Å². The van der Waals surface area contributed by atoms with Crippen LogP contribution in [0.4, 0.5) is 10.9 Å². The predicted molar refractivity (Wildman–Crippen MR) is 151 cm³/mol. The zero-order chi connectivity index (χ0) is 31.8. The van der Waals surface area contributed by atoms with Crippen LogP contribution in [-0.4, -0.2) is 89.2 Å². The van der Waals surface area contributed by atoms with Crippen molar-refractivity contribution in [2.75, 3.05) is 23.3 Å². The van der Waals surface area contributed by atoms with Crippen molar-refractivity contribution < 1.29 is 43.7 Å². The summed E-state index contributed by atoms with van der Waals surface area (Å²) in [6, 6.07) is -1.14. The molecule has 5 rings (SSSR count). The monoisotopic (exact) mass is 648 g/mol. The molecular weight excluding hydrogens is 620 g/mol. The summed E-state index contributed by atoms with van der Waals surface area (Å²) in [5.74, 6) is -3.74. The normalized spacial score (nSPS) is 19.7. The lowest BCUT2D eigenvalue weighted by Gasteiger charge is -2.50. The van der Waals surface area contributed by atoms with Gasteiger partial charge in [-0.3, -0.25) is 19.3 Å². The van der Waals surface area contributed by atoms with E-state index in [0.717, 1.165) is 40.8 Å². The zero-order valence-electron chi connectivity index (χ0n) is 23.4. The highest BCUT2D eigenvalue weighted by atomic mass is 32.2. The summed E-state index contributed by atoms with van der Waals surface area (Å²) in [5, 5.41) is 33.0. The highest BCUT2D eigenvalue weighted by Gasteiger charge is 2.53. The number of aromatic nitrogens is 4. The van der Waals surface area contributed by atoms with Crippen molar-refractivity contribution in [3.05, 3.63) is 28.9 Å². The molecule has 3 aliphatic heterocycles. The topological polar surface area (TPSA) is 250 Å². The largest absolute Gasteiger partial charge is 0.543 e. The molecule has 18 nitrogen and oxygen atoms in total. The van der Waals surface area contributed by atoms with E-state index < -0.39 is 46.5 Å². The number of nitrogens with two attached hydrogens (primary N) is 1. The van der Waals surface area contributed by atoms with Crippen LogP contribution in [0.2, 0.25) is 0 Å². The lowest BCUT2D eigenvalue weighted by molar-refractivity contribution is -0.768. The van der Waals surface area contributed by atoms with Gasteiger partial charge in [-0.1, -0.05) is 5.16 Å². The van der Waals surface area contributed by atoms with Crippen LogP contribution < -0.4 is 31.5 Å². The third kappa shape index (κ3) is 5.76. The van der Waals surface area contributed by atoms with Crippen LogP contribution >= 0.6 is 23.3 Å². The Hall–Kier alpha value is -4.72. The minimum Gasteiger partial charge on any atom is -0.543 e. The zero-order valence-corrected chi connectivity index (χ0v) is 25.1. The van der Waals surface area contributed by atoms with E-state index in [1.54, 1.807) is 0 Å². The summed E-state index contributed by atoms with van der Waals surface area (Å²) in [6.07, 6.45) is 3.25. The molecule has 2 aromatic heterocycles. The molecule has 0 radical (unpaired) electrons. The number of rotatable bonds is 12. The van der Waals surface area contributed by atoms with Crippen LogP contribution in [0, 0.1) is 0 Å². The Morgan fingerprint density at radius 3 is 2.84 bits per heavy atom. The SMILES string of the molecule is CC(C)(O/N=C(\C(=O)N[C@@H]1C(=O)N2C(C(=O)[O-])=C(C[n+]3cc(CNC=O)c4n3CCCN4)CS[C@H]12)c1nsc(N)n1)C(=O)O. The van der Waals surface area contributed by atoms with Gasteiger partial charge in [0.05, 0.1) is 30.3 Å². The molecule has 1 saturated heterocycles. The summed E-state index contributed by atoms with van der Waals surface area (Å²) in [7, 11) is 0. The lowest BCUT2D eigenvalue weighted by Crippen LogP contribution is -2.71. The summed E-state index contributed by atoms with van der Waals surface area (Å²) >= 11 is 2.02. The second kappa shape index (κ2) is 12.1. The number of carboxylic acid groups (broad SMARTS) is 2. The van der Waals surface area contributed by atoms with E-state index in [-0.39, 0.29) is 35.5 Å². The number of carboxylic acids is 2. The number of carbonyl (C=O) groups is 5. The molecule has 20 heteroatoms. The smallest absolute Gasteiger partial charge is 0.350 e. The van der Waals surface area contributed by atoms with Gasteiger partial charge in [0.25, 0.3) is 11.8 Å². The molecule has 3 aliphatic rings. The van der Waals surface area contributed by atoms with Gasteiger partial charge in [-0.15, -0.1) is 21.1 Å². The molecule has 0 unspecified atom stereocenters. The third-order valence-corrected chi connectivity index (χ3v) is 8.90. The molecule has 234 valence electrons. The van der Waals surface area contributed by atoms with E-state index in [0.29, 0.717) is 18.5 Å². The van der Waals surface area contributed by atoms with Gasteiger partial charge in [0, 0.05) is 29.4 Å². The second-order valence-electron chi connectivity index (χ2n) is 10.4. The van der Waals surface area contributed by atoms with Gasteiger partial charge in [0.15, 0.2) is 17.5 Å². The number of hydrogen-bond donors (Lipinski definition) is 5. The number of β-lactam (4-membered cyclic amide) rings is 1. The van der Waals surface area contributed by atoms with Gasteiger partial charge >= 0.3 is 5.97 Å². The van der Waals surface area contributed by atoms with Gasteiger partial charge < -0.3 is 41.5 Å². The summed E-state index contributed by atoms with van der Waals surface area (Å²) in [6.45, 7) is 4.28. The molecule has 2 aromatic rings. The number of fused-ring (bicyclic) bond motifs is 2. The van der Waals surface area contributed by atoms with E-state index in [9.17, 15) is 34.2 Å². The molecule has 0 saturated carbocycles. The van der Waals surface area contributed by atoms with Crippen molar-refractivity contribution in [1.82, 2.24) is 29.6 Å². The van der Waals surface area contributed by atoms with Crippen LogP contribution in [-0.2, 0) is 48.4 Å². The predicted octanol–water partition coefficient (Wildman–Crippen LogP) is -3.04. The number of anilines is 2. The molecule has 0 aliphatic carbocycles. The highest BCUT2D eigenvalue weighted by molar-refractivity contribution is 8.00. The Bertz CT molecular complexity index is 1600. The number of oxime groups is 1. The molecule has 44 heavy (non-hydrogen) atoms. The first kappa shape index (κ1) is 30.7. The fraction of sp³-hybridized carbons (Fsp3) is 0.458. The number of aliphatic carboxylic acids is 2. The number of carbonyl (C=O) groups excluding carboxylic acids is 4. The molecule has 0 spiro atoms. The van der Waals surface area contributed by atoms with Crippen molar-refractivity contribution in [3.63, 3.8) is 0 Å². The first-order chi connectivity index (χ1) is 20.9. The number of nitrogen functional groups attached to an aromatic ring is 1. The summed E-state index contributed by atoms with van der Waals surface area (Å²) in [4.78, 5) is 71.2. The molecule has 1 fully saturated rings. The quantitative estimate of drug-likeness (QED) is 0.0505. The molecule has 2 atom stereocenters. The highest BCUT2D eigenvalue weighted by Crippen LogP contribution is 2.40. The Kier molecular flexibility index (Phi) is 8.46. The first-order valence-electron chi connectivity index (χ1n) is 13.2. The molecule has 6 N–H and O–H groups in total. The number of amides is 3. The van der Waals surface area contributed by atoms with E-state index in [1.807, 2.05) is 15.6 Å². The van der Waals surface area contributed by atoms with E-state index in [2.05, 4.69) is 30.5 Å². The first-order valence-corrected chi connectivity index (χ1v) is 15.1. The van der Waals surface area contributed by atoms with Crippen molar-refractivity contribution in [2.45, 2.75) is 56.9 Å². The van der Waals surface area contributed by atoms with Gasteiger partial charge in [-0.2, -0.15) is 9.36 Å². The van der Waals surface area contributed by atoms with Crippen LogP contribution in [0.3, 0.4) is 0 Å². The van der Waals surface area contributed by atoms with Gasteiger partial charge in [0.2, 0.25) is 29.7 Å². The van der Waals surface area contributed by atoms with Gasteiger partial charge in [0.1, 0.15) is 11.4 Å². The number of hydrogen-bond acceptors (Lipinski definition) is 14. The molecular formula is C24H28N10O8S2. The average Bonchev–Trinajstić information content (AvgIpc) is 3.57. The van der Waals surface area contributed by atoms with E-state index >= 15 is 0 Å². The third-order valence-electron chi connectivity index (χ3n) is 7.02. The second-order valence-corrected chi connectivity index (χ2v) is 12.3. The number of nitrogens with one attached hydrogen (secondary N) is 3. The minimum atomic E-state index is -1.81. The van der Waals surface area contributed by atoms with Gasteiger partial charge in [-0.05, 0) is 20.3 Å². The molecule has 5 heterocycles. The molecule has 3 amide bonds. The Labute approximate surface area is 257 Å². The Morgan fingerprint density at radius 2 is 2.18 bits per heavy atom. The van der Waals surface area contributed by atoms with Crippen molar-refractivity contribution in [2.24, 2.45) is 5.16 Å². The van der Waals surface area contributed by atoms with Crippen LogP contribution in [0.1, 0.15) is 31.7 Å². The maximum atomic E-state index is 13.3. The molecule has 0 aromatic carbocycles. The number of thioether (sulfide) groups is 1. The molecule has 0 bridgehead atoms. The van der Waals surface area contributed by atoms with E-state index in [4.69, 9.17) is 10.6 Å². The van der Waals surface area contributed by atoms with Crippen molar-refractivity contribution in [1.29, 1.82) is 0 Å². The Balaban J connectivity index is 1.37. The van der Waals surface area contributed by atoms with Crippen molar-refractivity contribution in [3.8, 4) is 0 Å². The lowest BCUT2D eigenvalue weighted by atomic mass is 10.0. The maximum Gasteiger partial charge on any atom is 0.350 e. The van der Waals surface area contributed by atoms with Gasteiger partial charge in [-0.25, -0.2) is 4.79 Å². The average molecular weight is 649 g/mol. The number of nitrogens with zero attached hydrogens (tertiary/aromatic N) is 6. The van der Waals surface area contributed by atoms with Crippen LogP contribution in [0.25, 0.3) is 0 Å². The summed E-state index contributed by atoms with van der Waals surface area (Å²) in [5.41, 5.74) is 4.29. The van der Waals surface area contributed by atoms with Crippen LogP contribution in [0.15, 0.2) is 22.6 Å². The summed E-state index contributed by atoms with van der Waals surface area (Å²) < 4.78 is 7.72. The Morgan fingerprint density at radius 1 is 1.41 bits per heavy atom. The standard InChI is InChI=1S/C24H28N10O8S2/c1-24(2,22(40)41)42-30-13(16-29-23(25)44-31-16)18(36)28-14-19(37)34-15(21(38)39)12(9-43-20(14)34)8-32-7-11(6-26-10-35)17-27-4-3-5-33(17)32/h7,10,14,20H,3-6,8-9H2,1-2H3,(H6,25,26,28,29,31,35,36,38,39,40,41)/b30-13-/t14-,20-/m1/s1. The van der Waals surface area contributed by atoms with Crippen molar-refractivity contribution >= 4 is 70.1 Å². The minimum absolute atomic E-state index is 0.00742. The fourth-order valence-corrected chi connectivity index (χ4v) is 6.58.